The molecule has 2 heterocycles. The molecule has 0 unspecified atom stereocenters. The Balaban J connectivity index is 1.79. The van der Waals surface area contributed by atoms with Crippen LogP contribution in [0.2, 0.25) is 0 Å². The molecule has 0 fully saturated rings. The minimum atomic E-state index is 0.548. The van der Waals surface area contributed by atoms with Gasteiger partial charge in [-0.05, 0) is 41.3 Å². The van der Waals surface area contributed by atoms with Crippen molar-refractivity contribution in [1.82, 2.24) is 9.55 Å². The molecule has 0 spiro atoms. The predicted molar refractivity (Wildman–Crippen MR) is 97.1 cm³/mol. The van der Waals surface area contributed by atoms with Crippen LogP contribution in [0, 0.1) is 0 Å². The Labute approximate surface area is 141 Å². The average Bonchev–Trinajstić information content (AvgIpc) is 3.23. The summed E-state index contributed by atoms with van der Waals surface area (Å²) in [6, 6.07) is 20.9. The monoisotopic (exact) mass is 316 g/mol. The molecule has 4 rings (SSSR count). The maximum atomic E-state index is 5.59. The lowest BCUT2D eigenvalue weighted by atomic mass is 10.0. The first-order valence-corrected chi connectivity index (χ1v) is 8.30. The summed E-state index contributed by atoms with van der Waals surface area (Å²) in [6.45, 7) is 5.20. The van der Waals surface area contributed by atoms with Gasteiger partial charge < -0.3 is 8.98 Å². The second kappa shape index (κ2) is 6.00. The van der Waals surface area contributed by atoms with E-state index in [1.807, 2.05) is 30.3 Å². The molecule has 120 valence electrons. The second-order valence-electron chi connectivity index (χ2n) is 6.38. The molecule has 0 atom stereocenters. The zero-order chi connectivity index (χ0) is 16.5. The van der Waals surface area contributed by atoms with Gasteiger partial charge in [-0.15, -0.1) is 0 Å². The fourth-order valence-electron chi connectivity index (χ4n) is 3.02. The van der Waals surface area contributed by atoms with E-state index in [1.165, 1.54) is 11.1 Å². The number of hydrogen-bond donors (Lipinski definition) is 0. The van der Waals surface area contributed by atoms with E-state index in [1.54, 1.807) is 6.26 Å². The van der Waals surface area contributed by atoms with E-state index in [2.05, 4.69) is 48.7 Å². The first-order chi connectivity index (χ1) is 11.7. The molecule has 0 saturated heterocycles. The van der Waals surface area contributed by atoms with Crippen molar-refractivity contribution in [3.05, 3.63) is 78.1 Å². The highest BCUT2D eigenvalue weighted by molar-refractivity contribution is 5.79. The van der Waals surface area contributed by atoms with Crippen molar-refractivity contribution in [2.75, 3.05) is 0 Å². The first kappa shape index (κ1) is 14.8. The van der Waals surface area contributed by atoms with Crippen LogP contribution in [0.25, 0.3) is 22.6 Å². The van der Waals surface area contributed by atoms with E-state index in [-0.39, 0.29) is 0 Å². The maximum Gasteiger partial charge on any atom is 0.177 e. The standard InChI is InChI=1S/C21H20N2O/c1-15(2)17-11-9-16(10-12-17)14-23-19-7-4-3-6-18(19)22-21(23)20-8-5-13-24-20/h3-13,15H,14H2,1-2H3. The van der Waals surface area contributed by atoms with E-state index in [0.717, 1.165) is 29.2 Å². The topological polar surface area (TPSA) is 31.0 Å². The number of rotatable bonds is 4. The maximum absolute atomic E-state index is 5.59. The number of aromatic nitrogens is 2. The number of hydrogen-bond acceptors (Lipinski definition) is 2. The summed E-state index contributed by atoms with van der Waals surface area (Å²) in [5.41, 5.74) is 4.73. The molecule has 3 heteroatoms. The number of para-hydroxylation sites is 2. The van der Waals surface area contributed by atoms with Gasteiger partial charge in [0.25, 0.3) is 0 Å². The highest BCUT2D eigenvalue weighted by Crippen LogP contribution is 2.26. The zero-order valence-electron chi connectivity index (χ0n) is 13.9. The smallest absolute Gasteiger partial charge is 0.177 e. The molecule has 0 saturated carbocycles. The van der Waals surface area contributed by atoms with Gasteiger partial charge in [-0.1, -0.05) is 50.2 Å². The molecule has 4 aromatic rings. The third-order valence-corrected chi connectivity index (χ3v) is 4.38. The zero-order valence-corrected chi connectivity index (χ0v) is 13.9. The van der Waals surface area contributed by atoms with E-state index >= 15 is 0 Å². The minimum absolute atomic E-state index is 0.548. The van der Waals surface area contributed by atoms with Gasteiger partial charge in [-0.3, -0.25) is 0 Å². The highest BCUT2D eigenvalue weighted by atomic mass is 16.3. The summed E-state index contributed by atoms with van der Waals surface area (Å²) in [6.07, 6.45) is 1.69. The molecule has 3 nitrogen and oxygen atoms in total. The van der Waals surface area contributed by atoms with Crippen molar-refractivity contribution in [2.45, 2.75) is 26.3 Å². The Hall–Kier alpha value is -2.81. The van der Waals surface area contributed by atoms with Crippen LogP contribution in [-0.2, 0) is 6.54 Å². The number of furan rings is 1. The third kappa shape index (κ3) is 2.62. The van der Waals surface area contributed by atoms with Crippen LogP contribution >= 0.6 is 0 Å². The first-order valence-electron chi connectivity index (χ1n) is 8.30. The summed E-state index contributed by atoms with van der Waals surface area (Å²) in [7, 11) is 0. The number of benzene rings is 2. The molecule has 0 N–H and O–H groups in total. The number of imidazole rings is 1. The van der Waals surface area contributed by atoms with E-state index in [0.29, 0.717) is 5.92 Å². The SMILES string of the molecule is CC(C)c1ccc(Cn2c(-c3ccco3)nc3ccccc32)cc1. The van der Waals surface area contributed by atoms with E-state index in [4.69, 9.17) is 9.40 Å². The summed E-state index contributed by atoms with van der Waals surface area (Å²) in [4.78, 5) is 4.77. The van der Waals surface area contributed by atoms with Crippen LogP contribution in [-0.4, -0.2) is 9.55 Å². The third-order valence-electron chi connectivity index (χ3n) is 4.38. The molecule has 0 aliphatic rings. The molecule has 2 aromatic heterocycles. The summed E-state index contributed by atoms with van der Waals surface area (Å²) in [5, 5.41) is 0. The van der Waals surface area contributed by atoms with Crippen LogP contribution in [0.4, 0.5) is 0 Å². The quantitative estimate of drug-likeness (QED) is 0.500. The Kier molecular flexibility index (Phi) is 3.69. The predicted octanol–water partition coefficient (Wildman–Crippen LogP) is 5.47. The van der Waals surface area contributed by atoms with Crippen molar-refractivity contribution in [2.24, 2.45) is 0 Å². The Morgan fingerprint density at radius 2 is 1.75 bits per heavy atom. The largest absolute Gasteiger partial charge is 0.461 e. The van der Waals surface area contributed by atoms with Crippen molar-refractivity contribution < 1.29 is 4.42 Å². The van der Waals surface area contributed by atoms with Crippen LogP contribution in [0.3, 0.4) is 0 Å². The van der Waals surface area contributed by atoms with E-state index in [9.17, 15) is 0 Å². The molecule has 0 amide bonds. The second-order valence-corrected chi connectivity index (χ2v) is 6.38. The summed E-state index contributed by atoms with van der Waals surface area (Å²) in [5.74, 6) is 2.21. The molecule has 0 bridgehead atoms. The number of fused-ring (bicyclic) bond motifs is 1. The van der Waals surface area contributed by atoms with E-state index < -0.39 is 0 Å². The molecular formula is C21H20N2O. The average molecular weight is 316 g/mol. The van der Waals surface area contributed by atoms with Crippen LogP contribution in [0.15, 0.2) is 71.3 Å². The Morgan fingerprint density at radius 1 is 0.958 bits per heavy atom. The lowest BCUT2D eigenvalue weighted by Crippen LogP contribution is -2.02. The van der Waals surface area contributed by atoms with Crippen LogP contribution in [0.5, 0.6) is 0 Å². The molecule has 0 radical (unpaired) electrons. The van der Waals surface area contributed by atoms with Gasteiger partial charge in [-0.2, -0.15) is 0 Å². The molecule has 0 aliphatic carbocycles. The Bertz CT molecular complexity index is 947. The van der Waals surface area contributed by atoms with Gasteiger partial charge >= 0.3 is 0 Å². The lowest BCUT2D eigenvalue weighted by molar-refractivity contribution is 0.572. The normalized spacial score (nSPS) is 11.5. The van der Waals surface area contributed by atoms with Gasteiger partial charge in [0.15, 0.2) is 11.6 Å². The molecule has 24 heavy (non-hydrogen) atoms. The summed E-state index contributed by atoms with van der Waals surface area (Å²) >= 11 is 0. The van der Waals surface area contributed by atoms with Crippen molar-refractivity contribution in [3.63, 3.8) is 0 Å². The lowest BCUT2D eigenvalue weighted by Gasteiger charge is -2.10. The molecular weight excluding hydrogens is 296 g/mol. The summed E-state index contributed by atoms with van der Waals surface area (Å²) < 4.78 is 7.82. The van der Waals surface area contributed by atoms with Crippen molar-refractivity contribution in [3.8, 4) is 11.6 Å². The fourth-order valence-corrected chi connectivity index (χ4v) is 3.02. The van der Waals surface area contributed by atoms with Gasteiger partial charge in [-0.25, -0.2) is 4.98 Å². The van der Waals surface area contributed by atoms with Gasteiger partial charge in [0.1, 0.15) is 0 Å². The van der Waals surface area contributed by atoms with Gasteiger partial charge in [0, 0.05) is 6.54 Å². The van der Waals surface area contributed by atoms with Gasteiger partial charge in [0.2, 0.25) is 0 Å². The minimum Gasteiger partial charge on any atom is -0.461 e. The number of nitrogens with zero attached hydrogens (tertiary/aromatic N) is 2. The molecule has 0 aliphatic heterocycles. The van der Waals surface area contributed by atoms with Crippen molar-refractivity contribution >= 4 is 11.0 Å². The van der Waals surface area contributed by atoms with Crippen LogP contribution in [0.1, 0.15) is 30.9 Å². The Morgan fingerprint density at radius 3 is 2.46 bits per heavy atom. The molecule has 2 aromatic carbocycles. The fraction of sp³-hybridized carbons (Fsp3) is 0.190. The van der Waals surface area contributed by atoms with Crippen LogP contribution < -0.4 is 0 Å². The van der Waals surface area contributed by atoms with Crippen molar-refractivity contribution in [1.29, 1.82) is 0 Å². The van der Waals surface area contributed by atoms with Gasteiger partial charge in [0.05, 0.1) is 17.3 Å². The highest BCUT2D eigenvalue weighted by Gasteiger charge is 2.14.